The van der Waals surface area contributed by atoms with Crippen LogP contribution in [0.4, 0.5) is 10.1 Å². The molecule has 5 nitrogen and oxygen atoms in total. The number of hydrogen-bond acceptors (Lipinski definition) is 3. The SMILES string of the molecule is Cc1cc(CNC(=O)c2ccccc2S(=O)(=O)N(C)c2ccccc2)ccc1F. The van der Waals surface area contributed by atoms with E-state index >= 15 is 0 Å². The summed E-state index contributed by atoms with van der Waals surface area (Å²) in [7, 11) is -2.49. The topological polar surface area (TPSA) is 66.5 Å². The zero-order valence-corrected chi connectivity index (χ0v) is 16.9. The lowest BCUT2D eigenvalue weighted by atomic mass is 10.1. The van der Waals surface area contributed by atoms with E-state index in [1.807, 2.05) is 0 Å². The maximum absolute atomic E-state index is 13.4. The van der Waals surface area contributed by atoms with Crippen LogP contribution in [0.25, 0.3) is 0 Å². The molecule has 3 aromatic carbocycles. The Kier molecular flexibility index (Phi) is 5.98. The van der Waals surface area contributed by atoms with Crippen LogP contribution in [0.2, 0.25) is 0 Å². The van der Waals surface area contributed by atoms with Crippen LogP contribution < -0.4 is 9.62 Å². The molecule has 0 fully saturated rings. The molecule has 1 amide bonds. The van der Waals surface area contributed by atoms with Gasteiger partial charge in [0.1, 0.15) is 10.7 Å². The fraction of sp³-hybridized carbons (Fsp3) is 0.136. The Morgan fingerprint density at radius 3 is 2.34 bits per heavy atom. The number of benzene rings is 3. The Morgan fingerprint density at radius 2 is 1.66 bits per heavy atom. The van der Waals surface area contributed by atoms with Gasteiger partial charge in [0.15, 0.2) is 0 Å². The van der Waals surface area contributed by atoms with Gasteiger partial charge in [-0.25, -0.2) is 12.8 Å². The quantitative estimate of drug-likeness (QED) is 0.668. The van der Waals surface area contributed by atoms with E-state index in [-0.39, 0.29) is 22.8 Å². The normalized spacial score (nSPS) is 11.1. The molecule has 0 aliphatic carbocycles. The second-order valence-electron chi connectivity index (χ2n) is 6.57. The van der Waals surface area contributed by atoms with Crippen molar-refractivity contribution in [2.24, 2.45) is 0 Å². The van der Waals surface area contributed by atoms with E-state index in [0.29, 0.717) is 11.3 Å². The third-order valence-corrected chi connectivity index (χ3v) is 6.41. The summed E-state index contributed by atoms with van der Waals surface area (Å²) in [5, 5.41) is 2.71. The lowest BCUT2D eigenvalue weighted by molar-refractivity contribution is 0.0947. The molecule has 7 heteroatoms. The van der Waals surface area contributed by atoms with Gasteiger partial charge in [-0.1, -0.05) is 42.5 Å². The van der Waals surface area contributed by atoms with Gasteiger partial charge < -0.3 is 5.32 Å². The van der Waals surface area contributed by atoms with Crippen LogP contribution in [0, 0.1) is 12.7 Å². The number of para-hydroxylation sites is 1. The third kappa shape index (κ3) is 4.46. The molecule has 0 radical (unpaired) electrons. The summed E-state index contributed by atoms with van der Waals surface area (Å²) in [6, 6.07) is 19.2. The van der Waals surface area contributed by atoms with Gasteiger partial charge in [-0.05, 0) is 48.4 Å². The fourth-order valence-electron chi connectivity index (χ4n) is 2.90. The van der Waals surface area contributed by atoms with Crippen molar-refractivity contribution in [3.05, 3.63) is 95.3 Å². The van der Waals surface area contributed by atoms with Crippen molar-refractivity contribution in [2.75, 3.05) is 11.4 Å². The molecule has 0 aliphatic rings. The molecule has 3 rings (SSSR count). The van der Waals surface area contributed by atoms with Gasteiger partial charge in [-0.15, -0.1) is 0 Å². The van der Waals surface area contributed by atoms with Crippen LogP contribution in [0.3, 0.4) is 0 Å². The molecule has 0 heterocycles. The smallest absolute Gasteiger partial charge is 0.264 e. The molecule has 0 aliphatic heterocycles. The molecule has 150 valence electrons. The number of sulfonamides is 1. The van der Waals surface area contributed by atoms with Crippen LogP contribution in [-0.4, -0.2) is 21.4 Å². The van der Waals surface area contributed by atoms with E-state index in [9.17, 15) is 17.6 Å². The molecule has 0 spiro atoms. The first-order valence-electron chi connectivity index (χ1n) is 8.97. The maximum atomic E-state index is 13.4. The van der Waals surface area contributed by atoms with Gasteiger partial charge in [0, 0.05) is 13.6 Å². The molecular formula is C22H21FN2O3S. The number of carbonyl (C=O) groups is 1. The molecule has 29 heavy (non-hydrogen) atoms. The second-order valence-corrected chi connectivity index (χ2v) is 8.51. The van der Waals surface area contributed by atoms with Crippen LogP contribution >= 0.6 is 0 Å². The number of aryl methyl sites for hydroxylation is 1. The highest BCUT2D eigenvalue weighted by Gasteiger charge is 2.26. The molecule has 0 saturated carbocycles. The first-order chi connectivity index (χ1) is 13.8. The monoisotopic (exact) mass is 412 g/mol. The maximum Gasteiger partial charge on any atom is 0.264 e. The predicted molar refractivity (Wildman–Crippen MR) is 111 cm³/mol. The Morgan fingerprint density at radius 1 is 1.00 bits per heavy atom. The predicted octanol–water partition coefficient (Wildman–Crippen LogP) is 3.89. The first kappa shape index (κ1) is 20.5. The summed E-state index contributed by atoms with van der Waals surface area (Å²) in [5.41, 5.74) is 1.74. The Hall–Kier alpha value is -3.19. The summed E-state index contributed by atoms with van der Waals surface area (Å²) in [5.74, 6) is -0.840. The molecule has 0 unspecified atom stereocenters. The zero-order chi connectivity index (χ0) is 21.0. The highest BCUT2D eigenvalue weighted by molar-refractivity contribution is 7.92. The Balaban J connectivity index is 1.86. The number of rotatable bonds is 6. The fourth-order valence-corrected chi connectivity index (χ4v) is 4.28. The largest absolute Gasteiger partial charge is 0.348 e. The van der Waals surface area contributed by atoms with Crippen molar-refractivity contribution in [3.8, 4) is 0 Å². The number of anilines is 1. The summed E-state index contributed by atoms with van der Waals surface area (Å²) in [6.45, 7) is 1.80. The van der Waals surface area contributed by atoms with Crippen molar-refractivity contribution in [1.82, 2.24) is 5.32 Å². The second kappa shape index (κ2) is 8.45. The number of nitrogens with one attached hydrogen (secondary N) is 1. The zero-order valence-electron chi connectivity index (χ0n) is 16.1. The van der Waals surface area contributed by atoms with Crippen molar-refractivity contribution in [1.29, 1.82) is 0 Å². The highest BCUT2D eigenvalue weighted by atomic mass is 32.2. The summed E-state index contributed by atoms with van der Waals surface area (Å²) < 4.78 is 40.8. The first-order valence-corrected chi connectivity index (χ1v) is 10.4. The van der Waals surface area contributed by atoms with Gasteiger partial charge in [-0.2, -0.15) is 0 Å². The Bertz CT molecular complexity index is 1130. The van der Waals surface area contributed by atoms with Crippen molar-refractivity contribution < 1.29 is 17.6 Å². The van der Waals surface area contributed by atoms with Gasteiger partial charge in [0.2, 0.25) is 0 Å². The standard InChI is InChI=1S/C22H21FN2O3S/c1-16-14-17(12-13-20(16)23)15-24-22(26)19-10-6-7-11-21(19)29(27,28)25(2)18-8-4-3-5-9-18/h3-14H,15H2,1-2H3,(H,24,26). The average Bonchev–Trinajstić information content (AvgIpc) is 2.74. The summed E-state index contributed by atoms with van der Waals surface area (Å²) in [4.78, 5) is 12.6. The van der Waals surface area contributed by atoms with Crippen LogP contribution in [-0.2, 0) is 16.6 Å². The number of nitrogens with zero attached hydrogens (tertiary/aromatic N) is 1. The van der Waals surface area contributed by atoms with E-state index in [1.165, 1.54) is 25.2 Å². The molecule has 0 saturated heterocycles. The molecule has 0 atom stereocenters. The van der Waals surface area contributed by atoms with Crippen LogP contribution in [0.5, 0.6) is 0 Å². The van der Waals surface area contributed by atoms with E-state index < -0.39 is 15.9 Å². The molecule has 3 aromatic rings. The number of carbonyl (C=O) groups excluding carboxylic acids is 1. The van der Waals surface area contributed by atoms with Gasteiger partial charge in [0.25, 0.3) is 15.9 Å². The number of halogens is 1. The van der Waals surface area contributed by atoms with Crippen molar-refractivity contribution >= 4 is 21.6 Å². The van der Waals surface area contributed by atoms with E-state index in [2.05, 4.69) is 5.32 Å². The lowest BCUT2D eigenvalue weighted by Gasteiger charge is -2.21. The lowest BCUT2D eigenvalue weighted by Crippen LogP contribution is -2.30. The van der Waals surface area contributed by atoms with E-state index in [4.69, 9.17) is 0 Å². The van der Waals surface area contributed by atoms with E-state index in [0.717, 1.165) is 9.87 Å². The Labute approximate surface area is 169 Å². The highest BCUT2D eigenvalue weighted by Crippen LogP contribution is 2.24. The minimum Gasteiger partial charge on any atom is -0.348 e. The van der Waals surface area contributed by atoms with Crippen molar-refractivity contribution in [3.63, 3.8) is 0 Å². The van der Waals surface area contributed by atoms with Crippen LogP contribution in [0.15, 0.2) is 77.7 Å². The molecule has 0 aromatic heterocycles. The number of hydrogen-bond donors (Lipinski definition) is 1. The van der Waals surface area contributed by atoms with Gasteiger partial charge >= 0.3 is 0 Å². The minimum absolute atomic E-state index is 0.0501. The van der Waals surface area contributed by atoms with Gasteiger partial charge in [-0.3, -0.25) is 9.10 Å². The van der Waals surface area contributed by atoms with E-state index in [1.54, 1.807) is 61.5 Å². The van der Waals surface area contributed by atoms with Gasteiger partial charge in [0.05, 0.1) is 11.3 Å². The molecule has 1 N–H and O–H groups in total. The number of amides is 1. The minimum atomic E-state index is -3.94. The average molecular weight is 412 g/mol. The van der Waals surface area contributed by atoms with Crippen molar-refractivity contribution in [2.45, 2.75) is 18.4 Å². The molecular weight excluding hydrogens is 391 g/mol. The summed E-state index contributed by atoms with van der Waals surface area (Å²) in [6.07, 6.45) is 0. The third-order valence-electron chi connectivity index (χ3n) is 4.57. The molecule has 0 bridgehead atoms. The van der Waals surface area contributed by atoms with Crippen LogP contribution in [0.1, 0.15) is 21.5 Å². The summed E-state index contributed by atoms with van der Waals surface area (Å²) >= 11 is 0.